The number of aliphatic hydroxyl groups excluding tert-OH is 1. The topological polar surface area (TPSA) is 20.2 Å². The Morgan fingerprint density at radius 1 is 1.10 bits per heavy atom. The van der Waals surface area contributed by atoms with Gasteiger partial charge >= 0.3 is 6.18 Å². The van der Waals surface area contributed by atoms with Crippen LogP contribution in [-0.4, -0.2) is 5.11 Å². The number of alkyl halides is 3. The Kier molecular flexibility index (Phi) is 4.39. The Hall–Kier alpha value is -1.40. The van der Waals surface area contributed by atoms with E-state index in [1.54, 1.807) is 25.1 Å². The van der Waals surface area contributed by atoms with Crippen LogP contribution in [-0.2, 0) is 6.18 Å². The molecule has 21 heavy (non-hydrogen) atoms. The van der Waals surface area contributed by atoms with Gasteiger partial charge in [0.15, 0.2) is 0 Å². The first-order chi connectivity index (χ1) is 9.70. The van der Waals surface area contributed by atoms with Crippen molar-refractivity contribution in [2.45, 2.75) is 19.2 Å². The Morgan fingerprint density at radius 2 is 1.76 bits per heavy atom. The molecule has 2 aromatic rings. The molecule has 0 aliphatic carbocycles. The van der Waals surface area contributed by atoms with Crippen molar-refractivity contribution in [2.24, 2.45) is 0 Å². The van der Waals surface area contributed by atoms with Crippen LogP contribution in [0.25, 0.3) is 0 Å². The predicted octanol–water partition coefficient (Wildman–Crippen LogP) is 5.00. The highest BCUT2D eigenvalue weighted by Gasteiger charge is 2.34. The van der Waals surface area contributed by atoms with Crippen molar-refractivity contribution in [2.75, 3.05) is 0 Å². The van der Waals surface area contributed by atoms with Crippen molar-refractivity contribution in [1.29, 1.82) is 0 Å². The third kappa shape index (κ3) is 3.44. The molecular weight excluding hydrogens is 352 g/mol. The lowest BCUT2D eigenvalue weighted by Gasteiger charge is -2.17. The van der Waals surface area contributed by atoms with Crippen molar-refractivity contribution in [3.05, 3.63) is 68.9 Å². The molecule has 1 N–H and O–H groups in total. The number of aryl methyl sites for hydroxylation is 1. The third-order valence-electron chi connectivity index (χ3n) is 3.15. The fourth-order valence-electron chi connectivity index (χ4n) is 2.02. The average Bonchev–Trinajstić information content (AvgIpc) is 2.40. The second-order valence-electron chi connectivity index (χ2n) is 4.64. The van der Waals surface area contributed by atoms with E-state index in [1.165, 1.54) is 0 Å². The molecule has 0 aliphatic heterocycles. The molecule has 0 saturated heterocycles. The first-order valence-corrected chi connectivity index (χ1v) is 6.80. The number of rotatable bonds is 2. The lowest BCUT2D eigenvalue weighted by atomic mass is 9.96. The smallest absolute Gasteiger partial charge is 0.384 e. The summed E-state index contributed by atoms with van der Waals surface area (Å²) < 4.78 is 52.1. The standard InChI is InChI=1S/C15H11BrF4O/c1-8-2-4-10(16)7-11(8)14(21)9-3-5-13(17)12(6-9)15(18,19)20/h2-7,14,21H,1H3. The van der Waals surface area contributed by atoms with Gasteiger partial charge in [0.1, 0.15) is 11.9 Å². The maximum atomic E-state index is 13.3. The SMILES string of the molecule is Cc1ccc(Br)cc1C(O)c1ccc(F)c(C(F)(F)F)c1. The number of hydrogen-bond acceptors (Lipinski definition) is 1. The number of benzene rings is 2. The van der Waals surface area contributed by atoms with E-state index in [9.17, 15) is 22.7 Å². The van der Waals surface area contributed by atoms with Gasteiger partial charge in [0.25, 0.3) is 0 Å². The van der Waals surface area contributed by atoms with Crippen LogP contribution in [0.4, 0.5) is 17.6 Å². The van der Waals surface area contributed by atoms with Gasteiger partial charge in [-0.1, -0.05) is 28.1 Å². The summed E-state index contributed by atoms with van der Waals surface area (Å²) in [7, 11) is 0. The number of hydrogen-bond donors (Lipinski definition) is 1. The molecule has 1 unspecified atom stereocenters. The van der Waals surface area contributed by atoms with Gasteiger partial charge in [-0.3, -0.25) is 0 Å². The van der Waals surface area contributed by atoms with Gasteiger partial charge in [-0.2, -0.15) is 13.2 Å². The largest absolute Gasteiger partial charge is 0.419 e. The summed E-state index contributed by atoms with van der Waals surface area (Å²) in [6.45, 7) is 1.74. The Morgan fingerprint density at radius 3 is 2.38 bits per heavy atom. The summed E-state index contributed by atoms with van der Waals surface area (Å²) in [4.78, 5) is 0. The average molecular weight is 363 g/mol. The fourth-order valence-corrected chi connectivity index (χ4v) is 2.39. The van der Waals surface area contributed by atoms with Crippen LogP contribution in [0.1, 0.15) is 28.4 Å². The van der Waals surface area contributed by atoms with Crippen LogP contribution < -0.4 is 0 Å². The Bertz CT molecular complexity index is 667. The van der Waals surface area contributed by atoms with Crippen LogP contribution in [0.5, 0.6) is 0 Å². The number of aliphatic hydroxyl groups is 1. The first-order valence-electron chi connectivity index (χ1n) is 6.01. The molecule has 0 heterocycles. The van der Waals surface area contributed by atoms with Crippen molar-refractivity contribution in [3.8, 4) is 0 Å². The maximum absolute atomic E-state index is 13.3. The van der Waals surface area contributed by atoms with Gasteiger partial charge in [0.2, 0.25) is 0 Å². The minimum Gasteiger partial charge on any atom is -0.384 e. The monoisotopic (exact) mass is 362 g/mol. The summed E-state index contributed by atoms with van der Waals surface area (Å²) >= 11 is 3.24. The molecule has 0 amide bonds. The molecule has 1 nitrogen and oxygen atoms in total. The zero-order chi connectivity index (χ0) is 15.8. The number of halogens is 5. The second-order valence-corrected chi connectivity index (χ2v) is 5.56. The minimum absolute atomic E-state index is 0.00933. The highest BCUT2D eigenvalue weighted by Crippen LogP contribution is 2.35. The van der Waals surface area contributed by atoms with Gasteiger partial charge in [-0.25, -0.2) is 4.39 Å². The van der Waals surface area contributed by atoms with E-state index in [1.807, 2.05) is 0 Å². The van der Waals surface area contributed by atoms with E-state index in [0.29, 0.717) is 22.2 Å². The van der Waals surface area contributed by atoms with Crippen LogP contribution in [0.15, 0.2) is 40.9 Å². The molecule has 0 saturated carbocycles. The highest BCUT2D eigenvalue weighted by molar-refractivity contribution is 9.10. The summed E-state index contributed by atoms with van der Waals surface area (Å²) in [5.74, 6) is -1.36. The normalized spacial score (nSPS) is 13.3. The Labute approximate surface area is 127 Å². The molecule has 2 aromatic carbocycles. The summed E-state index contributed by atoms with van der Waals surface area (Å²) in [6.07, 6.45) is -6.06. The van der Waals surface area contributed by atoms with E-state index in [4.69, 9.17) is 0 Å². The quantitative estimate of drug-likeness (QED) is 0.745. The molecule has 2 rings (SSSR count). The minimum atomic E-state index is -4.80. The van der Waals surface area contributed by atoms with E-state index < -0.39 is 23.7 Å². The zero-order valence-corrected chi connectivity index (χ0v) is 12.5. The molecule has 112 valence electrons. The van der Waals surface area contributed by atoms with Gasteiger partial charge < -0.3 is 5.11 Å². The summed E-state index contributed by atoms with van der Waals surface area (Å²) in [5.41, 5.74) is -0.204. The van der Waals surface area contributed by atoms with Gasteiger partial charge in [-0.15, -0.1) is 0 Å². The van der Waals surface area contributed by atoms with Crippen LogP contribution in [0, 0.1) is 12.7 Å². The molecular formula is C15H11BrF4O. The third-order valence-corrected chi connectivity index (χ3v) is 3.64. The first kappa shape index (κ1) is 16.0. The zero-order valence-electron chi connectivity index (χ0n) is 10.9. The molecule has 0 fully saturated rings. The lowest BCUT2D eigenvalue weighted by Crippen LogP contribution is -2.10. The van der Waals surface area contributed by atoms with Crippen molar-refractivity contribution in [3.63, 3.8) is 0 Å². The molecule has 0 aromatic heterocycles. The molecule has 1 atom stereocenters. The van der Waals surface area contributed by atoms with Crippen molar-refractivity contribution >= 4 is 15.9 Å². The van der Waals surface area contributed by atoms with E-state index in [0.717, 1.165) is 11.6 Å². The van der Waals surface area contributed by atoms with Crippen LogP contribution >= 0.6 is 15.9 Å². The van der Waals surface area contributed by atoms with E-state index >= 15 is 0 Å². The molecule has 0 radical (unpaired) electrons. The van der Waals surface area contributed by atoms with E-state index in [-0.39, 0.29) is 5.56 Å². The molecule has 0 bridgehead atoms. The van der Waals surface area contributed by atoms with Gasteiger partial charge in [-0.05, 0) is 47.9 Å². The van der Waals surface area contributed by atoms with Crippen LogP contribution in [0.3, 0.4) is 0 Å². The molecule has 0 aliphatic rings. The Balaban J connectivity index is 2.49. The summed E-state index contributed by atoms with van der Waals surface area (Å²) in [5, 5.41) is 10.3. The van der Waals surface area contributed by atoms with E-state index in [2.05, 4.69) is 15.9 Å². The van der Waals surface area contributed by atoms with Gasteiger partial charge in [0.05, 0.1) is 5.56 Å². The fraction of sp³-hybridized carbons (Fsp3) is 0.200. The maximum Gasteiger partial charge on any atom is 0.419 e. The van der Waals surface area contributed by atoms with Crippen molar-refractivity contribution < 1.29 is 22.7 Å². The predicted molar refractivity (Wildman–Crippen MR) is 74.3 cm³/mol. The van der Waals surface area contributed by atoms with Gasteiger partial charge in [0, 0.05) is 4.47 Å². The highest BCUT2D eigenvalue weighted by atomic mass is 79.9. The lowest BCUT2D eigenvalue weighted by molar-refractivity contribution is -0.140. The van der Waals surface area contributed by atoms with Crippen LogP contribution in [0.2, 0.25) is 0 Å². The summed E-state index contributed by atoms with van der Waals surface area (Å²) in [6, 6.07) is 7.62. The molecule has 0 spiro atoms. The van der Waals surface area contributed by atoms with Crippen molar-refractivity contribution in [1.82, 2.24) is 0 Å². The second kappa shape index (κ2) is 5.77. The molecule has 6 heteroatoms.